The Bertz CT molecular complexity index is 1950. The van der Waals surface area contributed by atoms with Gasteiger partial charge in [-0.05, 0) is 62.6 Å². The molecule has 2 fully saturated rings. The fourth-order valence-electron chi connectivity index (χ4n) is 6.91. The molecule has 0 bridgehead atoms. The first kappa shape index (κ1) is 32.5. The van der Waals surface area contributed by atoms with E-state index >= 15 is 0 Å². The van der Waals surface area contributed by atoms with Crippen LogP contribution in [0.2, 0.25) is 0 Å². The number of piperidine rings is 1. The van der Waals surface area contributed by atoms with E-state index in [9.17, 15) is 37.5 Å². The fraction of sp³-hybridized carbons (Fsp3) is 0.382. The largest absolute Gasteiger partial charge is 0.431 e. The van der Waals surface area contributed by atoms with Crippen LogP contribution in [0.5, 0.6) is 0 Å². The number of imide groups is 2. The third-order valence-corrected chi connectivity index (χ3v) is 9.39. The van der Waals surface area contributed by atoms with E-state index < -0.39 is 41.2 Å². The molecule has 4 aliphatic rings. The van der Waals surface area contributed by atoms with Crippen molar-refractivity contribution in [2.45, 2.75) is 57.5 Å². The van der Waals surface area contributed by atoms with E-state index in [1.165, 1.54) is 11.0 Å². The predicted molar refractivity (Wildman–Crippen MR) is 171 cm³/mol. The van der Waals surface area contributed by atoms with Gasteiger partial charge in [0, 0.05) is 55.4 Å². The Labute approximate surface area is 279 Å². The van der Waals surface area contributed by atoms with E-state index in [1.54, 1.807) is 50.3 Å². The third-order valence-electron chi connectivity index (χ3n) is 9.39. The smallest absolute Gasteiger partial charge is 0.386 e. The van der Waals surface area contributed by atoms with E-state index in [0.29, 0.717) is 36.1 Å². The summed E-state index contributed by atoms with van der Waals surface area (Å²) < 4.78 is 43.7. The monoisotopic (exact) mass is 677 g/mol. The van der Waals surface area contributed by atoms with E-state index in [4.69, 9.17) is 5.10 Å². The molecule has 5 amide bonds. The number of aliphatic hydroxyl groups is 1. The van der Waals surface area contributed by atoms with Crippen LogP contribution < -0.4 is 10.2 Å². The zero-order valence-corrected chi connectivity index (χ0v) is 26.8. The summed E-state index contributed by atoms with van der Waals surface area (Å²) in [5.74, 6) is -1.70. The van der Waals surface area contributed by atoms with Gasteiger partial charge in [0.15, 0.2) is 0 Å². The van der Waals surface area contributed by atoms with Crippen LogP contribution in [0, 0.1) is 0 Å². The number of amides is 5. The molecule has 0 unspecified atom stereocenters. The quantitative estimate of drug-likeness (QED) is 0.368. The molecular weight excluding hydrogens is 643 g/mol. The molecule has 1 aromatic heterocycles. The van der Waals surface area contributed by atoms with E-state index in [2.05, 4.69) is 10.2 Å². The number of hydrogen-bond donors (Lipinski definition) is 2. The molecule has 256 valence electrons. The number of allylic oxidation sites excluding steroid dienone is 3. The summed E-state index contributed by atoms with van der Waals surface area (Å²) in [5.41, 5.74) is 0.195. The molecule has 2 aromatic carbocycles. The normalized spacial score (nSPS) is 19.6. The zero-order valence-electron chi connectivity index (χ0n) is 26.8. The minimum absolute atomic E-state index is 0.0111. The van der Waals surface area contributed by atoms with Gasteiger partial charge >= 0.3 is 12.2 Å². The lowest BCUT2D eigenvalue weighted by Crippen LogP contribution is -2.58. The Balaban J connectivity index is 1.05. The molecule has 0 radical (unpaired) electrons. The summed E-state index contributed by atoms with van der Waals surface area (Å²) in [6.07, 6.45) is 2.80. The number of carbonyl (C=O) groups is 4. The lowest BCUT2D eigenvalue weighted by molar-refractivity contribution is -0.122. The van der Waals surface area contributed by atoms with Gasteiger partial charge in [0.25, 0.3) is 11.8 Å². The average Bonchev–Trinajstić information content (AvgIpc) is 3.58. The summed E-state index contributed by atoms with van der Waals surface area (Å²) >= 11 is 0. The van der Waals surface area contributed by atoms with Crippen molar-refractivity contribution in [3.05, 3.63) is 82.7 Å². The molecule has 49 heavy (non-hydrogen) atoms. The first-order chi connectivity index (χ1) is 23.2. The van der Waals surface area contributed by atoms with Gasteiger partial charge in [-0.15, -0.1) is 0 Å². The number of alkyl halides is 3. The van der Waals surface area contributed by atoms with Gasteiger partial charge < -0.3 is 10.0 Å². The molecule has 12 nitrogen and oxygen atoms in total. The number of hydrogen-bond acceptors (Lipinski definition) is 8. The summed E-state index contributed by atoms with van der Waals surface area (Å²) in [5, 5.41) is 20.3. The Kier molecular flexibility index (Phi) is 7.86. The Morgan fingerprint density at radius 3 is 2.41 bits per heavy atom. The van der Waals surface area contributed by atoms with Crippen molar-refractivity contribution in [2.24, 2.45) is 0 Å². The number of carbonyl (C=O) groups excluding carboxylic acids is 4. The first-order valence-corrected chi connectivity index (χ1v) is 16.0. The molecule has 7 rings (SSSR count). The topological polar surface area (TPSA) is 131 Å². The second-order valence-electron chi connectivity index (χ2n) is 13.2. The molecule has 0 aliphatic carbocycles. The maximum Gasteiger partial charge on any atom is 0.431 e. The lowest BCUT2D eigenvalue weighted by Gasteiger charge is -2.33. The van der Waals surface area contributed by atoms with Gasteiger partial charge in [0.05, 0.1) is 34.8 Å². The fourth-order valence-corrected chi connectivity index (χ4v) is 6.91. The SMILES string of the molecule is CC(C)(O)c1cc2nn(C3CCN(Cc4ccc5c(c4)C(=O)N(N4CCC(=O)NC4=O)C5=O)CC3)cc2cc1N1CC=CC=C1C(F)(F)F. The van der Waals surface area contributed by atoms with Gasteiger partial charge in [-0.1, -0.05) is 18.2 Å². The molecule has 2 N–H and O–H groups in total. The number of fused-ring (bicyclic) bond motifs is 2. The van der Waals surface area contributed by atoms with Crippen LogP contribution >= 0.6 is 0 Å². The van der Waals surface area contributed by atoms with Crippen LogP contribution in [-0.4, -0.2) is 85.9 Å². The average molecular weight is 678 g/mol. The number of benzene rings is 2. The third kappa shape index (κ3) is 5.97. The van der Waals surface area contributed by atoms with Crippen molar-refractivity contribution in [3.63, 3.8) is 0 Å². The molecule has 0 saturated carbocycles. The van der Waals surface area contributed by atoms with Crippen LogP contribution in [0.1, 0.15) is 71.0 Å². The number of urea groups is 1. The van der Waals surface area contributed by atoms with E-state index in [0.717, 1.165) is 34.5 Å². The number of nitrogens with one attached hydrogen (secondary N) is 1. The lowest BCUT2D eigenvalue weighted by atomic mass is 9.94. The van der Waals surface area contributed by atoms with Crippen LogP contribution in [0.15, 0.2) is 60.5 Å². The molecule has 0 spiro atoms. The van der Waals surface area contributed by atoms with Crippen molar-refractivity contribution < 1.29 is 37.5 Å². The minimum Gasteiger partial charge on any atom is -0.386 e. The van der Waals surface area contributed by atoms with Crippen LogP contribution in [0.25, 0.3) is 10.9 Å². The highest BCUT2D eigenvalue weighted by molar-refractivity contribution is 6.22. The molecule has 4 aliphatic heterocycles. The summed E-state index contributed by atoms with van der Waals surface area (Å²) in [6.45, 7) is 4.97. The highest BCUT2D eigenvalue weighted by atomic mass is 19.4. The molecule has 15 heteroatoms. The Morgan fingerprint density at radius 2 is 1.71 bits per heavy atom. The second kappa shape index (κ2) is 11.8. The predicted octanol–water partition coefficient (Wildman–Crippen LogP) is 4.38. The highest BCUT2D eigenvalue weighted by Gasteiger charge is 2.43. The molecule has 5 heterocycles. The second-order valence-corrected chi connectivity index (χ2v) is 13.2. The standard InChI is InChI=1S/C34H34F3N7O5/c1-33(2,49)25-17-26-21(16-27(25)41-11-4-3-5-28(41)34(35,36)37)19-42(39-26)22-8-12-40(13-9-22)18-20-6-7-23-24(15-20)31(47)44(30(23)46)43-14-10-29(45)38-32(43)48/h3-7,15-17,19,22,49H,8-14,18H2,1-2H3,(H,38,45,48). The number of anilines is 1. The first-order valence-electron chi connectivity index (χ1n) is 16.0. The van der Waals surface area contributed by atoms with Gasteiger partial charge in [-0.3, -0.25) is 29.3 Å². The minimum atomic E-state index is -4.57. The highest BCUT2D eigenvalue weighted by Crippen LogP contribution is 2.41. The molecular formula is C34H34F3N7O5. The van der Waals surface area contributed by atoms with Crippen molar-refractivity contribution in [2.75, 3.05) is 31.1 Å². The van der Waals surface area contributed by atoms with Crippen molar-refractivity contribution in [1.82, 2.24) is 30.0 Å². The maximum atomic E-state index is 14.0. The number of aromatic nitrogens is 2. The van der Waals surface area contributed by atoms with E-state index in [1.807, 2.05) is 10.9 Å². The van der Waals surface area contributed by atoms with Gasteiger partial charge in [-0.2, -0.15) is 23.3 Å². The number of nitrogens with zero attached hydrogens (tertiary/aromatic N) is 6. The van der Waals surface area contributed by atoms with Crippen LogP contribution in [-0.2, 0) is 16.9 Å². The van der Waals surface area contributed by atoms with Gasteiger partial charge in [0.2, 0.25) is 5.91 Å². The molecule has 2 saturated heterocycles. The van der Waals surface area contributed by atoms with Gasteiger partial charge in [-0.25, -0.2) is 9.80 Å². The summed E-state index contributed by atoms with van der Waals surface area (Å²) in [4.78, 5) is 53.5. The van der Waals surface area contributed by atoms with E-state index in [-0.39, 0.29) is 42.4 Å². The van der Waals surface area contributed by atoms with Crippen LogP contribution in [0.4, 0.5) is 23.7 Å². The Morgan fingerprint density at radius 1 is 0.980 bits per heavy atom. The Hall–Kier alpha value is -5.02. The number of halogens is 3. The van der Waals surface area contributed by atoms with Crippen LogP contribution in [0.3, 0.4) is 0 Å². The maximum absolute atomic E-state index is 14.0. The number of likely N-dealkylation sites (tertiary alicyclic amines) is 1. The van der Waals surface area contributed by atoms with Crippen molar-refractivity contribution in [3.8, 4) is 0 Å². The molecule has 3 aromatic rings. The van der Waals surface area contributed by atoms with Crippen molar-refractivity contribution in [1.29, 1.82) is 0 Å². The number of hydrazine groups is 1. The zero-order chi connectivity index (χ0) is 34.8. The van der Waals surface area contributed by atoms with Crippen molar-refractivity contribution >= 4 is 40.3 Å². The molecule has 0 atom stereocenters. The summed E-state index contributed by atoms with van der Waals surface area (Å²) in [7, 11) is 0. The van der Waals surface area contributed by atoms with Gasteiger partial charge in [0.1, 0.15) is 5.70 Å². The number of rotatable bonds is 6. The summed E-state index contributed by atoms with van der Waals surface area (Å²) in [6, 6.07) is 7.60.